The summed E-state index contributed by atoms with van der Waals surface area (Å²) in [4.78, 5) is 6.63. The minimum Gasteiger partial charge on any atom is -0.489 e. The third-order valence-electron chi connectivity index (χ3n) is 3.59. The lowest BCUT2D eigenvalue weighted by atomic mass is 10.3. The van der Waals surface area contributed by atoms with E-state index in [1.54, 1.807) is 29.5 Å². The number of ether oxygens (including phenoxy) is 1. The molecule has 3 aromatic rings. The number of aromatic nitrogens is 1. The van der Waals surface area contributed by atoms with Gasteiger partial charge < -0.3 is 9.84 Å². The van der Waals surface area contributed by atoms with E-state index in [0.29, 0.717) is 28.9 Å². The molecule has 0 aliphatic heterocycles. The molecule has 0 spiro atoms. The Balaban J connectivity index is 1.51. The molecule has 0 aliphatic carbocycles. The molecule has 0 aliphatic rings. The Morgan fingerprint density at radius 2 is 2.04 bits per heavy atom. The van der Waals surface area contributed by atoms with Crippen LogP contribution in [0.4, 0.5) is 0 Å². The maximum atomic E-state index is 10.2. The average molecular weight is 397 g/mol. The lowest BCUT2D eigenvalue weighted by molar-refractivity contribution is 0.0744. The number of para-hydroxylation sites is 1. The predicted octanol–water partition coefficient (Wildman–Crippen LogP) is 4.47. The van der Waals surface area contributed by atoms with Crippen LogP contribution in [0.15, 0.2) is 42.5 Å². The SMILES string of the molecule is CN(Cc1nc2ccccc2s1)CC(O)COc1cc(Cl)ccc1Cl. The molecule has 7 heteroatoms. The van der Waals surface area contributed by atoms with E-state index in [1.807, 2.05) is 30.1 Å². The fraction of sp³-hybridized carbons (Fsp3) is 0.278. The maximum absolute atomic E-state index is 10.2. The highest BCUT2D eigenvalue weighted by molar-refractivity contribution is 7.18. The van der Waals surface area contributed by atoms with Crippen molar-refractivity contribution in [2.45, 2.75) is 12.6 Å². The molecule has 0 fully saturated rings. The average Bonchev–Trinajstić information content (AvgIpc) is 2.97. The lowest BCUT2D eigenvalue weighted by Crippen LogP contribution is -2.32. The standard InChI is InChI=1S/C18H18Cl2N2O2S/c1-22(10-18-21-15-4-2-3-5-17(15)25-18)9-13(23)11-24-16-8-12(19)6-7-14(16)20/h2-8,13,23H,9-11H2,1H3. The Hall–Kier alpha value is -1.37. The molecule has 0 saturated heterocycles. The smallest absolute Gasteiger partial charge is 0.139 e. The number of rotatable bonds is 7. The van der Waals surface area contributed by atoms with Crippen molar-refractivity contribution in [3.05, 3.63) is 57.5 Å². The molecule has 0 radical (unpaired) electrons. The van der Waals surface area contributed by atoms with Gasteiger partial charge in [-0.1, -0.05) is 35.3 Å². The molecule has 0 amide bonds. The van der Waals surface area contributed by atoms with E-state index in [9.17, 15) is 5.11 Å². The first-order valence-electron chi connectivity index (χ1n) is 7.80. The fourth-order valence-electron chi connectivity index (χ4n) is 2.47. The summed E-state index contributed by atoms with van der Waals surface area (Å²) in [6.07, 6.45) is -0.644. The van der Waals surface area contributed by atoms with E-state index in [0.717, 1.165) is 10.5 Å². The van der Waals surface area contributed by atoms with E-state index in [-0.39, 0.29) is 6.61 Å². The van der Waals surface area contributed by atoms with Crippen LogP contribution in [-0.2, 0) is 6.54 Å². The molecule has 1 unspecified atom stereocenters. The quantitative estimate of drug-likeness (QED) is 0.639. The Bertz CT molecular complexity index is 823. The Labute approximate surface area is 160 Å². The number of hydrogen-bond donors (Lipinski definition) is 1. The second kappa shape index (κ2) is 8.34. The Morgan fingerprint density at radius 3 is 2.84 bits per heavy atom. The van der Waals surface area contributed by atoms with Gasteiger partial charge in [0, 0.05) is 17.6 Å². The minimum absolute atomic E-state index is 0.143. The van der Waals surface area contributed by atoms with Crippen molar-refractivity contribution in [2.24, 2.45) is 0 Å². The van der Waals surface area contributed by atoms with Crippen LogP contribution in [0.5, 0.6) is 5.75 Å². The summed E-state index contributed by atoms with van der Waals surface area (Å²) in [7, 11) is 1.95. The number of hydrogen-bond acceptors (Lipinski definition) is 5. The molecule has 1 atom stereocenters. The number of benzene rings is 2. The van der Waals surface area contributed by atoms with Crippen molar-refractivity contribution in [2.75, 3.05) is 20.2 Å². The summed E-state index contributed by atoms with van der Waals surface area (Å²) < 4.78 is 6.74. The van der Waals surface area contributed by atoms with E-state index < -0.39 is 6.10 Å². The molecule has 4 nitrogen and oxygen atoms in total. The molecule has 0 bridgehead atoms. The molecule has 1 heterocycles. The Morgan fingerprint density at radius 1 is 1.24 bits per heavy atom. The van der Waals surface area contributed by atoms with Crippen LogP contribution >= 0.6 is 34.5 Å². The van der Waals surface area contributed by atoms with Crippen molar-refractivity contribution in [3.63, 3.8) is 0 Å². The van der Waals surface area contributed by atoms with Crippen LogP contribution in [0.1, 0.15) is 5.01 Å². The third-order valence-corrected chi connectivity index (χ3v) is 5.16. The van der Waals surface area contributed by atoms with Crippen molar-refractivity contribution in [1.29, 1.82) is 0 Å². The van der Waals surface area contributed by atoms with E-state index in [2.05, 4.69) is 11.1 Å². The number of aliphatic hydroxyl groups is 1. The lowest BCUT2D eigenvalue weighted by Gasteiger charge is -2.20. The number of halogens is 2. The topological polar surface area (TPSA) is 45.6 Å². The summed E-state index contributed by atoms with van der Waals surface area (Å²) in [5.41, 5.74) is 1.01. The highest BCUT2D eigenvalue weighted by atomic mass is 35.5. The summed E-state index contributed by atoms with van der Waals surface area (Å²) >= 11 is 13.6. The van der Waals surface area contributed by atoms with Crippen molar-refractivity contribution in [1.82, 2.24) is 9.88 Å². The summed E-state index contributed by atoms with van der Waals surface area (Å²) in [6, 6.07) is 13.1. The van der Waals surface area contributed by atoms with Crippen LogP contribution in [0, 0.1) is 0 Å². The second-order valence-electron chi connectivity index (χ2n) is 5.81. The first-order valence-corrected chi connectivity index (χ1v) is 9.37. The number of fused-ring (bicyclic) bond motifs is 1. The van der Waals surface area contributed by atoms with Gasteiger partial charge in [-0.05, 0) is 31.3 Å². The molecule has 0 saturated carbocycles. The van der Waals surface area contributed by atoms with Gasteiger partial charge in [-0.3, -0.25) is 4.90 Å². The van der Waals surface area contributed by atoms with Crippen LogP contribution < -0.4 is 4.74 Å². The summed E-state index contributed by atoms with van der Waals surface area (Å²) in [5.74, 6) is 0.474. The van der Waals surface area contributed by atoms with Crippen molar-refractivity contribution >= 4 is 44.8 Å². The molecule has 25 heavy (non-hydrogen) atoms. The molecule has 1 aromatic heterocycles. The zero-order valence-electron chi connectivity index (χ0n) is 13.7. The van der Waals surface area contributed by atoms with Crippen LogP contribution in [-0.4, -0.2) is 41.3 Å². The van der Waals surface area contributed by atoms with Crippen LogP contribution in [0.25, 0.3) is 10.2 Å². The van der Waals surface area contributed by atoms with Crippen LogP contribution in [0.3, 0.4) is 0 Å². The zero-order chi connectivity index (χ0) is 17.8. The number of thiazole rings is 1. The first-order chi connectivity index (χ1) is 12.0. The summed E-state index contributed by atoms with van der Waals surface area (Å²) in [5, 5.41) is 12.2. The van der Waals surface area contributed by atoms with E-state index in [1.165, 1.54) is 4.70 Å². The van der Waals surface area contributed by atoms with Gasteiger partial charge in [-0.15, -0.1) is 11.3 Å². The number of likely N-dealkylation sites (N-methyl/N-ethyl adjacent to an activating group) is 1. The van der Waals surface area contributed by atoms with Crippen molar-refractivity contribution < 1.29 is 9.84 Å². The van der Waals surface area contributed by atoms with Gasteiger partial charge >= 0.3 is 0 Å². The van der Waals surface area contributed by atoms with E-state index >= 15 is 0 Å². The summed E-state index contributed by atoms with van der Waals surface area (Å²) in [6.45, 7) is 1.28. The third kappa shape index (κ3) is 5.06. The normalized spacial score (nSPS) is 12.7. The van der Waals surface area contributed by atoms with Crippen LogP contribution in [0.2, 0.25) is 10.0 Å². The Kier molecular flexibility index (Phi) is 6.15. The first kappa shape index (κ1) is 18.4. The maximum Gasteiger partial charge on any atom is 0.139 e. The highest BCUT2D eigenvalue weighted by Crippen LogP contribution is 2.28. The number of nitrogens with zero attached hydrogens (tertiary/aromatic N) is 2. The minimum atomic E-state index is -0.644. The highest BCUT2D eigenvalue weighted by Gasteiger charge is 2.13. The van der Waals surface area contributed by atoms with Gasteiger partial charge in [0.2, 0.25) is 0 Å². The van der Waals surface area contributed by atoms with Gasteiger partial charge in [0.05, 0.1) is 21.8 Å². The molecular weight excluding hydrogens is 379 g/mol. The number of aliphatic hydroxyl groups excluding tert-OH is 1. The molecular formula is C18H18Cl2N2O2S. The molecule has 3 rings (SSSR count). The molecule has 1 N–H and O–H groups in total. The largest absolute Gasteiger partial charge is 0.489 e. The fourth-order valence-corrected chi connectivity index (χ4v) is 3.85. The zero-order valence-corrected chi connectivity index (χ0v) is 16.0. The van der Waals surface area contributed by atoms with Gasteiger partial charge in [0.25, 0.3) is 0 Å². The van der Waals surface area contributed by atoms with Gasteiger partial charge in [-0.2, -0.15) is 0 Å². The second-order valence-corrected chi connectivity index (χ2v) is 7.77. The monoisotopic (exact) mass is 396 g/mol. The van der Waals surface area contributed by atoms with Gasteiger partial charge in [0.1, 0.15) is 23.5 Å². The predicted molar refractivity (Wildman–Crippen MR) is 104 cm³/mol. The van der Waals surface area contributed by atoms with Gasteiger partial charge in [-0.25, -0.2) is 4.98 Å². The van der Waals surface area contributed by atoms with Gasteiger partial charge in [0.15, 0.2) is 0 Å². The van der Waals surface area contributed by atoms with Crippen molar-refractivity contribution in [3.8, 4) is 5.75 Å². The molecule has 2 aromatic carbocycles. The van der Waals surface area contributed by atoms with E-state index in [4.69, 9.17) is 27.9 Å². The molecule has 132 valence electrons.